The Morgan fingerprint density at radius 3 is 3.26 bits per heavy atom. The maximum atomic E-state index is 11.2. The van der Waals surface area contributed by atoms with Crippen LogP contribution in [-0.2, 0) is 11.3 Å². The van der Waals surface area contributed by atoms with Gasteiger partial charge in [-0.2, -0.15) is 0 Å². The average Bonchev–Trinajstić information content (AvgIpc) is 2.88. The summed E-state index contributed by atoms with van der Waals surface area (Å²) < 4.78 is 5.77. The first-order valence-electron chi connectivity index (χ1n) is 6.78. The van der Waals surface area contributed by atoms with Crippen LogP contribution in [0, 0.1) is 0 Å². The first-order chi connectivity index (χ1) is 9.25. The number of hydrogen-bond donors (Lipinski definition) is 1. The number of carboxylic acids is 1. The highest BCUT2D eigenvalue weighted by atomic mass is 16.5. The second-order valence-electron chi connectivity index (χ2n) is 5.19. The van der Waals surface area contributed by atoms with Crippen molar-refractivity contribution in [1.29, 1.82) is 0 Å². The minimum Gasteiger partial charge on any atom is -0.477 e. The zero-order chi connectivity index (χ0) is 13.2. The third-order valence-electron chi connectivity index (χ3n) is 4.06. The number of carbonyl (C=O) groups is 1. The summed E-state index contributed by atoms with van der Waals surface area (Å²) in [5.41, 5.74) is 0.964. The third kappa shape index (κ3) is 2.48. The van der Waals surface area contributed by atoms with E-state index in [1.165, 1.54) is 12.6 Å². The third-order valence-corrected chi connectivity index (χ3v) is 4.06. The van der Waals surface area contributed by atoms with Crippen molar-refractivity contribution in [2.24, 2.45) is 0 Å². The molecule has 0 radical (unpaired) electrons. The molecular formula is C14H18N2O3. The summed E-state index contributed by atoms with van der Waals surface area (Å²) in [4.78, 5) is 17.5. The van der Waals surface area contributed by atoms with E-state index in [1.54, 1.807) is 6.07 Å². The number of morpholine rings is 1. The van der Waals surface area contributed by atoms with Gasteiger partial charge in [-0.05, 0) is 30.9 Å². The van der Waals surface area contributed by atoms with Gasteiger partial charge in [0.05, 0.1) is 12.7 Å². The normalized spacial score (nSPS) is 27.2. The molecule has 1 aromatic rings. The Hall–Kier alpha value is -1.46. The van der Waals surface area contributed by atoms with E-state index in [0.717, 1.165) is 31.6 Å². The van der Waals surface area contributed by atoms with Crippen molar-refractivity contribution in [3.63, 3.8) is 0 Å². The number of nitrogens with zero attached hydrogens (tertiary/aromatic N) is 2. The van der Waals surface area contributed by atoms with E-state index >= 15 is 0 Å². The summed E-state index contributed by atoms with van der Waals surface area (Å²) in [6.07, 6.45) is 5.33. The molecule has 3 rings (SSSR count). The molecule has 2 fully saturated rings. The van der Waals surface area contributed by atoms with Gasteiger partial charge in [-0.25, -0.2) is 9.78 Å². The molecule has 1 aromatic heterocycles. The molecule has 102 valence electrons. The fraction of sp³-hybridized carbons (Fsp3) is 0.571. The second-order valence-corrected chi connectivity index (χ2v) is 5.19. The highest BCUT2D eigenvalue weighted by Gasteiger charge is 2.36. The van der Waals surface area contributed by atoms with Crippen molar-refractivity contribution >= 4 is 5.97 Å². The van der Waals surface area contributed by atoms with Gasteiger partial charge in [0.25, 0.3) is 0 Å². The minimum atomic E-state index is -0.952. The molecular weight excluding hydrogens is 244 g/mol. The van der Waals surface area contributed by atoms with Crippen LogP contribution >= 0.6 is 0 Å². The largest absolute Gasteiger partial charge is 0.477 e. The molecule has 1 saturated heterocycles. The number of aromatic nitrogens is 1. The Bertz CT molecular complexity index is 478. The summed E-state index contributed by atoms with van der Waals surface area (Å²) in [5.74, 6) is -0.952. The smallest absolute Gasteiger partial charge is 0.354 e. The van der Waals surface area contributed by atoms with Gasteiger partial charge in [0.15, 0.2) is 5.69 Å². The summed E-state index contributed by atoms with van der Waals surface area (Å²) in [7, 11) is 0. The fourth-order valence-electron chi connectivity index (χ4n) is 3.18. The van der Waals surface area contributed by atoms with Crippen LogP contribution in [0.1, 0.15) is 35.3 Å². The van der Waals surface area contributed by atoms with Gasteiger partial charge in [-0.3, -0.25) is 4.90 Å². The summed E-state index contributed by atoms with van der Waals surface area (Å²) >= 11 is 0. The molecule has 0 bridgehead atoms. The number of pyridine rings is 1. The Morgan fingerprint density at radius 1 is 1.53 bits per heavy atom. The van der Waals surface area contributed by atoms with E-state index in [2.05, 4.69) is 9.88 Å². The lowest BCUT2D eigenvalue weighted by atomic mass is 10.1. The van der Waals surface area contributed by atoms with Crippen molar-refractivity contribution in [2.75, 3.05) is 13.2 Å². The molecule has 1 aliphatic heterocycles. The number of hydrogen-bond acceptors (Lipinski definition) is 4. The van der Waals surface area contributed by atoms with Crippen LogP contribution in [0.25, 0.3) is 0 Å². The summed E-state index contributed by atoms with van der Waals surface area (Å²) in [5, 5.41) is 9.18. The molecule has 2 heterocycles. The van der Waals surface area contributed by atoms with Gasteiger partial charge in [0.2, 0.25) is 0 Å². The van der Waals surface area contributed by atoms with E-state index in [1.807, 2.05) is 6.07 Å². The first-order valence-corrected chi connectivity index (χ1v) is 6.78. The van der Waals surface area contributed by atoms with E-state index < -0.39 is 5.97 Å². The van der Waals surface area contributed by atoms with Gasteiger partial charge >= 0.3 is 5.97 Å². The molecule has 1 N–H and O–H groups in total. The Labute approximate surface area is 112 Å². The number of carboxylic acid groups (broad SMARTS) is 1. The molecule has 1 aliphatic carbocycles. The van der Waals surface area contributed by atoms with Gasteiger partial charge in [-0.1, -0.05) is 6.07 Å². The number of ether oxygens (including phenoxy) is 1. The molecule has 0 amide bonds. The van der Waals surface area contributed by atoms with E-state index in [0.29, 0.717) is 18.7 Å². The van der Waals surface area contributed by atoms with Crippen molar-refractivity contribution in [3.05, 3.63) is 29.6 Å². The van der Waals surface area contributed by atoms with Crippen LogP contribution in [0.2, 0.25) is 0 Å². The molecule has 5 heteroatoms. The van der Waals surface area contributed by atoms with Crippen molar-refractivity contribution in [1.82, 2.24) is 9.88 Å². The monoisotopic (exact) mass is 262 g/mol. The first kappa shape index (κ1) is 12.6. The summed E-state index contributed by atoms with van der Waals surface area (Å²) in [6, 6.07) is 4.10. The van der Waals surface area contributed by atoms with Gasteiger partial charge in [-0.15, -0.1) is 0 Å². The Kier molecular flexibility index (Phi) is 3.48. The van der Waals surface area contributed by atoms with Crippen LogP contribution < -0.4 is 0 Å². The number of rotatable bonds is 3. The molecule has 5 nitrogen and oxygen atoms in total. The lowest BCUT2D eigenvalue weighted by Gasteiger charge is -2.37. The number of aromatic carboxylic acids is 1. The van der Waals surface area contributed by atoms with Crippen LogP contribution in [0.3, 0.4) is 0 Å². The van der Waals surface area contributed by atoms with Gasteiger partial charge in [0.1, 0.15) is 0 Å². The highest BCUT2D eigenvalue weighted by molar-refractivity contribution is 5.86. The molecule has 0 aromatic carbocycles. The molecule has 2 unspecified atom stereocenters. The molecule has 0 spiro atoms. The zero-order valence-electron chi connectivity index (χ0n) is 10.8. The standard InChI is InChI=1S/C14H18N2O3/c17-14(18)13-10(3-2-6-15-13)9-16-7-8-19-12-5-1-4-11(12)16/h2-3,6,11-12H,1,4-5,7-9H2,(H,17,18). The SMILES string of the molecule is O=C(O)c1ncccc1CN1CCOC2CCCC21. The minimum absolute atomic E-state index is 0.170. The van der Waals surface area contributed by atoms with Gasteiger partial charge < -0.3 is 9.84 Å². The molecule has 19 heavy (non-hydrogen) atoms. The maximum Gasteiger partial charge on any atom is 0.354 e. The molecule has 1 saturated carbocycles. The summed E-state index contributed by atoms with van der Waals surface area (Å²) in [6.45, 7) is 2.26. The quantitative estimate of drug-likeness (QED) is 0.895. The maximum absolute atomic E-state index is 11.2. The molecule has 2 aliphatic rings. The van der Waals surface area contributed by atoms with Crippen LogP contribution in [0.15, 0.2) is 18.3 Å². The lowest BCUT2D eigenvalue weighted by Crippen LogP contribution is -2.48. The van der Waals surface area contributed by atoms with Crippen molar-refractivity contribution < 1.29 is 14.6 Å². The Morgan fingerprint density at radius 2 is 2.42 bits per heavy atom. The highest BCUT2D eigenvalue weighted by Crippen LogP contribution is 2.30. The topological polar surface area (TPSA) is 62.7 Å². The van der Waals surface area contributed by atoms with Gasteiger partial charge in [0, 0.05) is 25.3 Å². The lowest BCUT2D eigenvalue weighted by molar-refractivity contribution is -0.0589. The molecule has 2 atom stereocenters. The van der Waals surface area contributed by atoms with E-state index in [-0.39, 0.29) is 5.69 Å². The fourth-order valence-corrected chi connectivity index (χ4v) is 3.18. The number of fused-ring (bicyclic) bond motifs is 1. The van der Waals surface area contributed by atoms with Crippen LogP contribution in [0.4, 0.5) is 0 Å². The predicted octanol–water partition coefficient (Wildman–Crippen LogP) is 1.53. The zero-order valence-corrected chi connectivity index (χ0v) is 10.8. The Balaban J connectivity index is 1.79. The average molecular weight is 262 g/mol. The van der Waals surface area contributed by atoms with Crippen molar-refractivity contribution in [2.45, 2.75) is 38.0 Å². The van der Waals surface area contributed by atoms with Crippen molar-refractivity contribution in [3.8, 4) is 0 Å². The second kappa shape index (κ2) is 5.27. The van der Waals surface area contributed by atoms with E-state index in [4.69, 9.17) is 4.74 Å². The van der Waals surface area contributed by atoms with Crippen LogP contribution in [-0.4, -0.2) is 46.3 Å². The van der Waals surface area contributed by atoms with Crippen LogP contribution in [0.5, 0.6) is 0 Å². The van der Waals surface area contributed by atoms with E-state index in [9.17, 15) is 9.90 Å². The predicted molar refractivity (Wildman–Crippen MR) is 69.0 cm³/mol.